The molecule has 0 spiro atoms. The van der Waals surface area contributed by atoms with Crippen LogP contribution in [-0.2, 0) is 6.42 Å². The van der Waals surface area contributed by atoms with Crippen LogP contribution in [0.15, 0.2) is 30.9 Å². The van der Waals surface area contributed by atoms with Crippen molar-refractivity contribution in [3.05, 3.63) is 42.0 Å². The zero-order chi connectivity index (χ0) is 13.8. The van der Waals surface area contributed by atoms with Crippen LogP contribution in [0.2, 0.25) is 0 Å². The molecule has 0 unspecified atom stereocenters. The van der Waals surface area contributed by atoms with Crippen LogP contribution in [0, 0.1) is 6.92 Å². The fraction of sp³-hybridized carbons (Fsp3) is 0.529. The lowest BCUT2D eigenvalue weighted by Gasteiger charge is -2.37. The number of hydrogen-bond donors (Lipinski definition) is 0. The molecule has 0 aromatic heterocycles. The molecule has 0 radical (unpaired) electrons. The van der Waals surface area contributed by atoms with Gasteiger partial charge in [0.25, 0.3) is 0 Å². The summed E-state index contributed by atoms with van der Waals surface area (Å²) >= 11 is 0. The largest absolute Gasteiger partial charge is 0.371 e. The molecule has 0 N–H and O–H groups in total. The molecule has 1 heterocycles. The van der Waals surface area contributed by atoms with Gasteiger partial charge in [-0.25, -0.2) is 0 Å². The highest BCUT2D eigenvalue weighted by Gasteiger charge is 2.21. The van der Waals surface area contributed by atoms with Gasteiger partial charge in [0.1, 0.15) is 0 Å². The smallest absolute Gasteiger partial charge is 0.0402 e. The normalized spacial score (nSPS) is 16.9. The standard InChI is InChI=1S/C17H26N2/c1-5-6-15-13-14(2)7-8-17(15)19-11-9-16(10-12-19)18(3)4/h5,7-8,13,16H,1,6,9-12H2,2-4H3. The Bertz CT molecular complexity index is 429. The van der Waals surface area contributed by atoms with E-state index in [2.05, 4.69) is 55.6 Å². The van der Waals surface area contributed by atoms with Crippen molar-refractivity contribution < 1.29 is 0 Å². The summed E-state index contributed by atoms with van der Waals surface area (Å²) in [4.78, 5) is 4.90. The number of hydrogen-bond acceptors (Lipinski definition) is 2. The molecule has 0 atom stereocenters. The summed E-state index contributed by atoms with van der Waals surface area (Å²) in [6.07, 6.45) is 5.48. The molecule has 1 saturated heterocycles. The van der Waals surface area contributed by atoms with Gasteiger partial charge in [-0.05, 0) is 51.9 Å². The monoisotopic (exact) mass is 258 g/mol. The van der Waals surface area contributed by atoms with Crippen molar-refractivity contribution in [1.29, 1.82) is 0 Å². The second-order valence-corrected chi connectivity index (χ2v) is 5.81. The van der Waals surface area contributed by atoms with E-state index in [-0.39, 0.29) is 0 Å². The van der Waals surface area contributed by atoms with E-state index in [9.17, 15) is 0 Å². The number of rotatable bonds is 4. The van der Waals surface area contributed by atoms with Crippen LogP contribution >= 0.6 is 0 Å². The second kappa shape index (κ2) is 6.25. The first-order valence-corrected chi connectivity index (χ1v) is 7.23. The highest BCUT2D eigenvalue weighted by molar-refractivity contribution is 5.56. The van der Waals surface area contributed by atoms with Crippen LogP contribution in [0.25, 0.3) is 0 Å². The van der Waals surface area contributed by atoms with Crippen LogP contribution in [0.4, 0.5) is 5.69 Å². The number of aryl methyl sites for hydroxylation is 1. The van der Waals surface area contributed by atoms with Gasteiger partial charge in [0.15, 0.2) is 0 Å². The van der Waals surface area contributed by atoms with E-state index in [0.29, 0.717) is 0 Å². The van der Waals surface area contributed by atoms with Gasteiger partial charge in [-0.3, -0.25) is 0 Å². The van der Waals surface area contributed by atoms with E-state index in [1.807, 2.05) is 6.08 Å². The predicted molar refractivity (Wildman–Crippen MR) is 84.0 cm³/mol. The molecule has 2 nitrogen and oxygen atoms in total. The fourth-order valence-electron chi connectivity index (χ4n) is 2.96. The predicted octanol–water partition coefficient (Wildman–Crippen LogP) is 3.25. The molecule has 19 heavy (non-hydrogen) atoms. The SMILES string of the molecule is C=CCc1cc(C)ccc1N1CCC(N(C)C)CC1. The quantitative estimate of drug-likeness (QED) is 0.765. The van der Waals surface area contributed by atoms with Crippen LogP contribution in [0.3, 0.4) is 0 Å². The lowest BCUT2D eigenvalue weighted by molar-refractivity contribution is 0.249. The van der Waals surface area contributed by atoms with Crippen molar-refractivity contribution in [3.63, 3.8) is 0 Å². The Morgan fingerprint density at radius 2 is 2.00 bits per heavy atom. The summed E-state index contributed by atoms with van der Waals surface area (Å²) in [5, 5.41) is 0. The van der Waals surface area contributed by atoms with Gasteiger partial charge in [-0.2, -0.15) is 0 Å². The zero-order valence-corrected chi connectivity index (χ0v) is 12.5. The lowest BCUT2D eigenvalue weighted by atomic mass is 10.00. The van der Waals surface area contributed by atoms with Crippen molar-refractivity contribution in [2.24, 2.45) is 0 Å². The van der Waals surface area contributed by atoms with Crippen LogP contribution < -0.4 is 4.90 Å². The summed E-state index contributed by atoms with van der Waals surface area (Å²) in [6.45, 7) is 8.37. The van der Waals surface area contributed by atoms with Gasteiger partial charge >= 0.3 is 0 Å². The maximum atomic E-state index is 3.88. The third-order valence-electron chi connectivity index (χ3n) is 4.13. The Balaban J connectivity index is 2.12. The zero-order valence-electron chi connectivity index (χ0n) is 12.5. The molecular formula is C17H26N2. The average Bonchev–Trinajstić information content (AvgIpc) is 2.39. The molecule has 1 aliphatic heterocycles. The number of anilines is 1. The Morgan fingerprint density at radius 1 is 1.32 bits per heavy atom. The van der Waals surface area contributed by atoms with Gasteiger partial charge < -0.3 is 9.80 Å². The molecule has 0 saturated carbocycles. The van der Waals surface area contributed by atoms with Crippen molar-refractivity contribution in [3.8, 4) is 0 Å². The number of nitrogens with zero attached hydrogens (tertiary/aromatic N) is 2. The third kappa shape index (κ3) is 3.38. The second-order valence-electron chi connectivity index (χ2n) is 5.81. The molecule has 1 aromatic rings. The summed E-state index contributed by atoms with van der Waals surface area (Å²) < 4.78 is 0. The molecule has 1 aromatic carbocycles. The first kappa shape index (κ1) is 14.1. The molecule has 0 aliphatic carbocycles. The number of piperidine rings is 1. The van der Waals surface area contributed by atoms with E-state index < -0.39 is 0 Å². The summed E-state index contributed by atoms with van der Waals surface area (Å²) in [5.41, 5.74) is 4.16. The Hall–Kier alpha value is -1.28. The van der Waals surface area contributed by atoms with Gasteiger partial charge in [0, 0.05) is 24.8 Å². The minimum Gasteiger partial charge on any atom is -0.371 e. The Kier molecular flexibility index (Phi) is 4.65. The minimum atomic E-state index is 0.740. The van der Waals surface area contributed by atoms with Crippen LogP contribution in [0.5, 0.6) is 0 Å². The van der Waals surface area contributed by atoms with E-state index in [0.717, 1.165) is 25.6 Å². The van der Waals surface area contributed by atoms with Gasteiger partial charge in [0.05, 0.1) is 0 Å². The highest BCUT2D eigenvalue weighted by atomic mass is 15.2. The van der Waals surface area contributed by atoms with Crippen molar-refractivity contribution in [1.82, 2.24) is 4.90 Å². The molecule has 1 fully saturated rings. The Morgan fingerprint density at radius 3 is 2.58 bits per heavy atom. The maximum absolute atomic E-state index is 3.88. The average molecular weight is 258 g/mol. The van der Waals surface area contributed by atoms with E-state index >= 15 is 0 Å². The summed E-state index contributed by atoms with van der Waals surface area (Å²) in [7, 11) is 4.38. The van der Waals surface area contributed by atoms with Crippen LogP contribution in [0.1, 0.15) is 24.0 Å². The minimum absolute atomic E-state index is 0.740. The van der Waals surface area contributed by atoms with E-state index in [4.69, 9.17) is 0 Å². The highest BCUT2D eigenvalue weighted by Crippen LogP contribution is 2.26. The fourth-order valence-corrected chi connectivity index (χ4v) is 2.96. The number of allylic oxidation sites excluding steroid dienone is 1. The maximum Gasteiger partial charge on any atom is 0.0402 e. The molecule has 0 amide bonds. The van der Waals surface area contributed by atoms with Crippen molar-refractivity contribution in [2.45, 2.75) is 32.2 Å². The van der Waals surface area contributed by atoms with E-state index in [1.165, 1.54) is 29.7 Å². The number of benzene rings is 1. The van der Waals surface area contributed by atoms with Crippen molar-refractivity contribution >= 4 is 5.69 Å². The Labute approximate surface area is 117 Å². The summed E-state index contributed by atoms with van der Waals surface area (Å²) in [5.74, 6) is 0. The third-order valence-corrected chi connectivity index (χ3v) is 4.13. The van der Waals surface area contributed by atoms with Gasteiger partial charge in [-0.15, -0.1) is 6.58 Å². The molecule has 104 valence electrons. The first-order valence-electron chi connectivity index (χ1n) is 7.23. The molecule has 1 aliphatic rings. The van der Waals surface area contributed by atoms with E-state index in [1.54, 1.807) is 0 Å². The van der Waals surface area contributed by atoms with Gasteiger partial charge in [-0.1, -0.05) is 23.8 Å². The van der Waals surface area contributed by atoms with Gasteiger partial charge in [0.2, 0.25) is 0 Å². The van der Waals surface area contributed by atoms with Crippen molar-refractivity contribution in [2.75, 3.05) is 32.1 Å². The lowest BCUT2D eigenvalue weighted by Crippen LogP contribution is -2.42. The summed E-state index contributed by atoms with van der Waals surface area (Å²) in [6, 6.07) is 7.55. The molecule has 0 bridgehead atoms. The topological polar surface area (TPSA) is 6.48 Å². The first-order chi connectivity index (χ1) is 9.11. The molecule has 2 rings (SSSR count). The molecule has 2 heteroatoms. The molecular weight excluding hydrogens is 232 g/mol. The van der Waals surface area contributed by atoms with Crippen LogP contribution in [-0.4, -0.2) is 38.1 Å².